The lowest BCUT2D eigenvalue weighted by Crippen LogP contribution is -2.63. The van der Waals surface area contributed by atoms with Gasteiger partial charge in [-0.1, -0.05) is 0 Å². The minimum atomic E-state index is -7.84. The first-order valence-corrected chi connectivity index (χ1v) is 5.21. The molecule has 0 bridgehead atoms. The summed E-state index contributed by atoms with van der Waals surface area (Å²) in [6.45, 7) is -4.10. The van der Waals surface area contributed by atoms with E-state index in [1.807, 2.05) is 0 Å². The molecule has 16 heteroatoms. The van der Waals surface area contributed by atoms with Gasteiger partial charge in [-0.3, -0.25) is 0 Å². The number of alkyl halides is 15. The molecule has 150 valence electrons. The van der Waals surface area contributed by atoms with Gasteiger partial charge in [0.2, 0.25) is 5.83 Å². The van der Waals surface area contributed by atoms with E-state index in [0.717, 1.165) is 0 Å². The molecule has 0 rings (SSSR count). The topological polar surface area (TPSA) is 0 Å². The van der Waals surface area contributed by atoms with E-state index in [-0.39, 0.29) is 0 Å². The highest BCUT2D eigenvalue weighted by molar-refractivity contribution is 5.38. The normalized spacial score (nSPS) is 18.7. The second-order valence-corrected chi connectivity index (χ2v) is 4.27. The Bertz CT molecular complexity index is 498. The molecule has 0 N–H and O–H groups in total. The fourth-order valence-corrected chi connectivity index (χ4v) is 1.47. The lowest BCUT2D eigenvalue weighted by atomic mass is 9.81. The molecule has 25 heavy (non-hydrogen) atoms. The first-order valence-electron chi connectivity index (χ1n) is 5.21. The van der Waals surface area contributed by atoms with Gasteiger partial charge in [0.15, 0.2) is 0 Å². The second-order valence-electron chi connectivity index (χ2n) is 4.27. The third kappa shape index (κ3) is 3.75. The zero-order chi connectivity index (χ0) is 20.9. The van der Waals surface area contributed by atoms with Crippen LogP contribution in [0.2, 0.25) is 0 Å². The lowest BCUT2D eigenvalue weighted by molar-refractivity contribution is -0.339. The highest BCUT2D eigenvalue weighted by atomic mass is 19.4. The molecule has 0 saturated heterocycles. The van der Waals surface area contributed by atoms with Crippen molar-refractivity contribution < 1.29 is 70.2 Å². The van der Waals surface area contributed by atoms with Gasteiger partial charge in [0.1, 0.15) is 6.67 Å². The summed E-state index contributed by atoms with van der Waals surface area (Å²) in [6.07, 6.45) is -30.0. The molecular formula is C9H2F16. The Hall–Kier alpha value is -1.38. The van der Waals surface area contributed by atoms with Crippen molar-refractivity contribution in [2.24, 2.45) is 0 Å². The molecule has 0 spiro atoms. The molecule has 0 radical (unpaired) electrons. The summed E-state index contributed by atoms with van der Waals surface area (Å²) in [5.74, 6) is -5.07. The van der Waals surface area contributed by atoms with Crippen LogP contribution in [0.4, 0.5) is 70.2 Å². The van der Waals surface area contributed by atoms with Crippen LogP contribution >= 0.6 is 0 Å². The molecule has 0 aliphatic carbocycles. The maximum absolute atomic E-state index is 13.5. The van der Waals surface area contributed by atoms with Crippen LogP contribution in [0.1, 0.15) is 0 Å². The van der Waals surface area contributed by atoms with E-state index in [2.05, 4.69) is 0 Å². The van der Waals surface area contributed by atoms with Crippen LogP contribution < -0.4 is 0 Å². The maximum atomic E-state index is 13.5. The van der Waals surface area contributed by atoms with Crippen molar-refractivity contribution in [2.75, 3.05) is 6.67 Å². The largest absolute Gasteiger partial charge is 0.443 e. The average Bonchev–Trinajstić information content (AvgIpc) is 2.32. The summed E-state index contributed by atoms with van der Waals surface area (Å²) in [6, 6.07) is 0. The molecule has 0 aliphatic heterocycles. The van der Waals surface area contributed by atoms with Gasteiger partial charge in [-0.05, 0) is 0 Å². The van der Waals surface area contributed by atoms with Gasteiger partial charge in [-0.2, -0.15) is 52.7 Å². The van der Waals surface area contributed by atoms with Crippen molar-refractivity contribution in [1.82, 2.24) is 0 Å². The molecule has 0 fully saturated rings. The standard InChI is InChI=1S/C9H2F16/c10-1-4(12,7(17,18)19)2(3(11)6(14,15)16)5(13,8(20,21)22)9(23,24)25/h1H2/b3-2-. The van der Waals surface area contributed by atoms with Crippen molar-refractivity contribution in [3.05, 3.63) is 11.4 Å². The fourth-order valence-electron chi connectivity index (χ4n) is 1.47. The van der Waals surface area contributed by atoms with Gasteiger partial charge in [-0.25, -0.2) is 17.6 Å². The van der Waals surface area contributed by atoms with Gasteiger partial charge in [0.25, 0.3) is 5.67 Å². The smallest absolute Gasteiger partial charge is 0.247 e. The quantitative estimate of drug-likeness (QED) is 0.509. The second kappa shape index (κ2) is 6.10. The Morgan fingerprint density at radius 3 is 1.04 bits per heavy atom. The van der Waals surface area contributed by atoms with Crippen molar-refractivity contribution in [1.29, 1.82) is 0 Å². The average molecular weight is 414 g/mol. The number of hydrogen-bond acceptors (Lipinski definition) is 0. The van der Waals surface area contributed by atoms with Crippen LogP contribution in [-0.2, 0) is 0 Å². The van der Waals surface area contributed by atoms with Crippen LogP contribution in [0.3, 0.4) is 0 Å². The summed E-state index contributed by atoms with van der Waals surface area (Å²) in [7, 11) is 0. The van der Waals surface area contributed by atoms with Crippen molar-refractivity contribution in [3.8, 4) is 0 Å². The van der Waals surface area contributed by atoms with E-state index < -0.39 is 54.1 Å². The summed E-state index contributed by atoms with van der Waals surface area (Å²) in [5.41, 5.74) is -19.9. The van der Waals surface area contributed by atoms with Crippen LogP contribution in [0.25, 0.3) is 0 Å². The molecule has 0 aromatic rings. The van der Waals surface area contributed by atoms with E-state index in [9.17, 15) is 70.2 Å². The Morgan fingerprint density at radius 2 is 0.880 bits per heavy atom. The van der Waals surface area contributed by atoms with Crippen LogP contribution in [0.5, 0.6) is 0 Å². The van der Waals surface area contributed by atoms with Gasteiger partial charge >= 0.3 is 30.4 Å². The SMILES string of the molecule is FCC(F)(/C(=C(/F)C(F)(F)F)C(F)(C(F)(F)F)C(F)(F)F)C(F)(F)F. The molecule has 0 amide bonds. The first-order chi connectivity index (χ1) is 10.6. The van der Waals surface area contributed by atoms with Gasteiger partial charge in [0.05, 0.1) is 5.57 Å². The number of hydrogen-bond donors (Lipinski definition) is 0. The molecule has 0 aromatic carbocycles. The molecule has 0 aromatic heterocycles. The lowest BCUT2D eigenvalue weighted by Gasteiger charge is -2.38. The zero-order valence-electron chi connectivity index (χ0n) is 10.8. The summed E-state index contributed by atoms with van der Waals surface area (Å²) in [5, 5.41) is 0. The number of rotatable bonds is 3. The molecule has 1 unspecified atom stereocenters. The Labute approximate surface area is 126 Å². The predicted octanol–water partition coefficient (Wildman–Crippen LogP) is 5.85. The summed E-state index contributed by atoms with van der Waals surface area (Å²) in [4.78, 5) is 0. The number of allylic oxidation sites excluding steroid dienone is 2. The molecule has 0 aliphatic rings. The third-order valence-corrected chi connectivity index (χ3v) is 2.62. The van der Waals surface area contributed by atoms with E-state index in [1.54, 1.807) is 0 Å². The summed E-state index contributed by atoms with van der Waals surface area (Å²) < 4.78 is 199. The molecule has 0 nitrogen and oxygen atoms in total. The molecule has 1 atom stereocenters. The van der Waals surface area contributed by atoms with Crippen molar-refractivity contribution in [2.45, 2.75) is 36.0 Å². The zero-order valence-corrected chi connectivity index (χ0v) is 10.8. The van der Waals surface area contributed by atoms with E-state index in [1.165, 1.54) is 0 Å². The van der Waals surface area contributed by atoms with Gasteiger partial charge in [-0.15, -0.1) is 0 Å². The first kappa shape index (κ1) is 23.6. The number of halogens is 16. The third-order valence-electron chi connectivity index (χ3n) is 2.62. The highest BCUT2D eigenvalue weighted by Gasteiger charge is 2.82. The molecule has 0 saturated carbocycles. The van der Waals surface area contributed by atoms with Gasteiger partial charge in [0, 0.05) is 0 Å². The van der Waals surface area contributed by atoms with Crippen molar-refractivity contribution in [3.63, 3.8) is 0 Å². The predicted molar refractivity (Wildman–Crippen MR) is 46.0 cm³/mol. The van der Waals surface area contributed by atoms with Crippen LogP contribution in [0.15, 0.2) is 11.4 Å². The van der Waals surface area contributed by atoms with E-state index >= 15 is 0 Å². The maximum Gasteiger partial charge on any atom is 0.443 e. The minimum absolute atomic E-state index is 4.10. The minimum Gasteiger partial charge on any atom is -0.247 e. The Kier molecular flexibility index (Phi) is 5.77. The highest BCUT2D eigenvalue weighted by Crippen LogP contribution is 2.59. The van der Waals surface area contributed by atoms with Crippen LogP contribution in [0, 0.1) is 0 Å². The fraction of sp³-hybridized carbons (Fsp3) is 0.778. The Balaban J connectivity index is 7.42. The molecule has 0 heterocycles. The van der Waals surface area contributed by atoms with E-state index in [4.69, 9.17) is 0 Å². The monoisotopic (exact) mass is 414 g/mol. The Morgan fingerprint density at radius 1 is 0.560 bits per heavy atom. The molecular weight excluding hydrogens is 412 g/mol. The van der Waals surface area contributed by atoms with Crippen LogP contribution in [-0.4, -0.2) is 42.7 Å². The summed E-state index contributed by atoms with van der Waals surface area (Å²) >= 11 is 0. The van der Waals surface area contributed by atoms with Crippen molar-refractivity contribution >= 4 is 0 Å². The van der Waals surface area contributed by atoms with E-state index in [0.29, 0.717) is 0 Å². The van der Waals surface area contributed by atoms with Gasteiger partial charge < -0.3 is 0 Å².